The average Bonchev–Trinajstić information content (AvgIpc) is 3.11. The lowest BCUT2D eigenvalue weighted by atomic mass is 10.1. The SMILES string of the molecule is C=CCn1c(Cc2ccc(OC)cc2)nnc1SCC(=O)Nc1ccc(Br)cc1C. The standard InChI is InChI=1S/C22H23BrN4O2S/c1-4-11-27-20(13-16-5-8-18(29-3)9-6-16)25-26-22(27)30-14-21(28)24-19-10-7-17(23)12-15(19)2/h4-10,12H,1,11,13-14H2,2-3H3,(H,24,28). The van der Waals surface area contributed by atoms with Crippen molar-refractivity contribution in [3.8, 4) is 5.75 Å². The minimum atomic E-state index is -0.0877. The summed E-state index contributed by atoms with van der Waals surface area (Å²) in [6, 6.07) is 13.6. The number of thioether (sulfide) groups is 1. The summed E-state index contributed by atoms with van der Waals surface area (Å²) in [7, 11) is 1.65. The zero-order chi connectivity index (χ0) is 21.5. The van der Waals surface area contributed by atoms with Crippen molar-refractivity contribution < 1.29 is 9.53 Å². The van der Waals surface area contributed by atoms with E-state index >= 15 is 0 Å². The maximum atomic E-state index is 12.4. The quantitative estimate of drug-likeness (QED) is 0.345. The van der Waals surface area contributed by atoms with Crippen molar-refractivity contribution in [2.45, 2.75) is 25.0 Å². The monoisotopic (exact) mass is 486 g/mol. The molecule has 0 saturated carbocycles. The van der Waals surface area contributed by atoms with Gasteiger partial charge in [0.15, 0.2) is 5.16 Å². The number of halogens is 1. The number of benzene rings is 2. The van der Waals surface area contributed by atoms with Crippen LogP contribution in [0.4, 0.5) is 5.69 Å². The molecule has 156 valence electrons. The van der Waals surface area contributed by atoms with Gasteiger partial charge in [-0.3, -0.25) is 4.79 Å². The molecule has 3 rings (SSSR count). The molecule has 1 heterocycles. The van der Waals surface area contributed by atoms with Crippen LogP contribution >= 0.6 is 27.7 Å². The fourth-order valence-corrected chi connectivity index (χ4v) is 4.12. The number of aryl methyl sites for hydroxylation is 1. The molecule has 0 bridgehead atoms. The highest BCUT2D eigenvalue weighted by atomic mass is 79.9. The number of hydrogen-bond acceptors (Lipinski definition) is 5. The van der Waals surface area contributed by atoms with Crippen LogP contribution in [0.25, 0.3) is 0 Å². The van der Waals surface area contributed by atoms with Gasteiger partial charge in [-0.25, -0.2) is 0 Å². The number of allylic oxidation sites excluding steroid dienone is 1. The number of hydrogen-bond donors (Lipinski definition) is 1. The molecule has 1 aromatic heterocycles. The van der Waals surface area contributed by atoms with Gasteiger partial charge in [0, 0.05) is 23.1 Å². The van der Waals surface area contributed by atoms with Gasteiger partial charge in [0.05, 0.1) is 12.9 Å². The zero-order valence-corrected chi connectivity index (χ0v) is 19.3. The van der Waals surface area contributed by atoms with Crippen LogP contribution in [-0.4, -0.2) is 33.5 Å². The van der Waals surface area contributed by atoms with Crippen molar-refractivity contribution in [1.82, 2.24) is 14.8 Å². The predicted molar refractivity (Wildman–Crippen MR) is 124 cm³/mol. The summed E-state index contributed by atoms with van der Waals surface area (Å²) in [5.41, 5.74) is 2.91. The molecular formula is C22H23BrN4O2S. The number of methoxy groups -OCH3 is 1. The van der Waals surface area contributed by atoms with Gasteiger partial charge in [0.2, 0.25) is 5.91 Å². The lowest BCUT2D eigenvalue weighted by molar-refractivity contribution is -0.113. The Morgan fingerprint density at radius 3 is 2.70 bits per heavy atom. The van der Waals surface area contributed by atoms with Crippen LogP contribution in [0.3, 0.4) is 0 Å². The minimum absolute atomic E-state index is 0.0877. The fourth-order valence-electron chi connectivity index (χ4n) is 2.88. The van der Waals surface area contributed by atoms with Crippen LogP contribution in [0, 0.1) is 6.92 Å². The molecule has 0 radical (unpaired) electrons. The van der Waals surface area contributed by atoms with Gasteiger partial charge in [-0.05, 0) is 48.4 Å². The van der Waals surface area contributed by atoms with Crippen molar-refractivity contribution in [3.05, 3.63) is 76.5 Å². The number of ether oxygens (including phenoxy) is 1. The molecule has 1 N–H and O–H groups in total. The summed E-state index contributed by atoms with van der Waals surface area (Å²) in [6.45, 7) is 6.37. The van der Waals surface area contributed by atoms with Crippen molar-refractivity contribution in [1.29, 1.82) is 0 Å². The van der Waals surface area contributed by atoms with Crippen LogP contribution in [0.2, 0.25) is 0 Å². The zero-order valence-electron chi connectivity index (χ0n) is 16.9. The summed E-state index contributed by atoms with van der Waals surface area (Å²) >= 11 is 4.79. The number of anilines is 1. The lowest BCUT2D eigenvalue weighted by Gasteiger charge is -2.10. The number of aromatic nitrogens is 3. The van der Waals surface area contributed by atoms with E-state index in [0.717, 1.165) is 32.9 Å². The Bertz CT molecular complexity index is 1030. The molecule has 3 aromatic rings. The van der Waals surface area contributed by atoms with E-state index in [1.54, 1.807) is 13.2 Å². The molecule has 0 fully saturated rings. The molecule has 2 aromatic carbocycles. The van der Waals surface area contributed by atoms with E-state index in [4.69, 9.17) is 4.74 Å². The average molecular weight is 487 g/mol. The normalized spacial score (nSPS) is 10.6. The second-order valence-electron chi connectivity index (χ2n) is 6.62. The molecule has 0 spiro atoms. The lowest BCUT2D eigenvalue weighted by Crippen LogP contribution is -2.15. The van der Waals surface area contributed by atoms with Crippen LogP contribution in [0.5, 0.6) is 5.75 Å². The largest absolute Gasteiger partial charge is 0.497 e. The molecule has 6 nitrogen and oxygen atoms in total. The molecule has 0 saturated heterocycles. The van der Waals surface area contributed by atoms with Crippen molar-refractivity contribution in [2.24, 2.45) is 0 Å². The molecule has 8 heteroatoms. The number of nitrogens with zero attached hydrogens (tertiary/aromatic N) is 3. The van der Waals surface area contributed by atoms with E-state index in [9.17, 15) is 4.79 Å². The Balaban J connectivity index is 1.66. The second kappa shape index (κ2) is 10.4. The summed E-state index contributed by atoms with van der Waals surface area (Å²) < 4.78 is 8.17. The smallest absolute Gasteiger partial charge is 0.234 e. The summed E-state index contributed by atoms with van der Waals surface area (Å²) in [6.07, 6.45) is 2.44. The number of amides is 1. The van der Waals surface area contributed by atoms with Gasteiger partial charge in [-0.1, -0.05) is 45.9 Å². The van der Waals surface area contributed by atoms with E-state index in [1.807, 2.05) is 54.0 Å². The Morgan fingerprint density at radius 2 is 2.03 bits per heavy atom. The number of nitrogens with one attached hydrogen (secondary N) is 1. The second-order valence-corrected chi connectivity index (χ2v) is 8.48. The van der Waals surface area contributed by atoms with Crippen LogP contribution in [0.1, 0.15) is 17.0 Å². The highest BCUT2D eigenvalue weighted by Gasteiger charge is 2.14. The number of rotatable bonds is 9. The summed E-state index contributed by atoms with van der Waals surface area (Å²) in [5.74, 6) is 1.80. The van der Waals surface area contributed by atoms with Gasteiger partial charge >= 0.3 is 0 Å². The van der Waals surface area contributed by atoms with E-state index in [-0.39, 0.29) is 11.7 Å². The van der Waals surface area contributed by atoms with Crippen molar-refractivity contribution >= 4 is 39.3 Å². The van der Waals surface area contributed by atoms with Gasteiger partial charge in [-0.2, -0.15) is 0 Å². The topological polar surface area (TPSA) is 69.0 Å². The predicted octanol–water partition coefficient (Wildman–Crippen LogP) is 4.87. The first-order valence-corrected chi connectivity index (χ1v) is 11.1. The van der Waals surface area contributed by atoms with Crippen LogP contribution < -0.4 is 10.1 Å². The molecule has 0 unspecified atom stereocenters. The van der Waals surface area contributed by atoms with Crippen molar-refractivity contribution in [3.63, 3.8) is 0 Å². The molecule has 1 amide bonds. The first kappa shape index (κ1) is 22.1. The molecule has 0 atom stereocenters. The number of carbonyl (C=O) groups is 1. The Morgan fingerprint density at radius 1 is 1.27 bits per heavy atom. The Hall–Kier alpha value is -2.58. The molecular weight excluding hydrogens is 464 g/mol. The molecule has 0 aliphatic carbocycles. The fraction of sp³-hybridized carbons (Fsp3) is 0.227. The van der Waals surface area contributed by atoms with Crippen LogP contribution in [-0.2, 0) is 17.8 Å². The maximum Gasteiger partial charge on any atom is 0.234 e. The van der Waals surface area contributed by atoms with Gasteiger partial charge in [0.25, 0.3) is 0 Å². The van der Waals surface area contributed by atoms with Gasteiger partial charge < -0.3 is 14.6 Å². The maximum absolute atomic E-state index is 12.4. The first-order valence-electron chi connectivity index (χ1n) is 9.35. The summed E-state index contributed by atoms with van der Waals surface area (Å²) in [5, 5.41) is 12.3. The number of carbonyl (C=O) groups excluding carboxylic acids is 1. The first-order chi connectivity index (χ1) is 14.5. The molecule has 0 aliphatic heterocycles. The molecule has 30 heavy (non-hydrogen) atoms. The third kappa shape index (κ3) is 5.73. The third-order valence-corrected chi connectivity index (χ3v) is 5.88. The Labute approximate surface area is 188 Å². The van der Waals surface area contributed by atoms with Gasteiger partial charge in [-0.15, -0.1) is 16.8 Å². The summed E-state index contributed by atoms with van der Waals surface area (Å²) in [4.78, 5) is 12.4. The van der Waals surface area contributed by atoms with Crippen molar-refractivity contribution in [2.75, 3.05) is 18.2 Å². The molecule has 0 aliphatic rings. The van der Waals surface area contributed by atoms with Crippen LogP contribution in [0.15, 0.2) is 64.7 Å². The van der Waals surface area contributed by atoms with E-state index in [1.165, 1.54) is 11.8 Å². The minimum Gasteiger partial charge on any atom is -0.497 e. The van der Waals surface area contributed by atoms with E-state index in [2.05, 4.69) is 38.0 Å². The van der Waals surface area contributed by atoms with E-state index < -0.39 is 0 Å². The van der Waals surface area contributed by atoms with E-state index in [0.29, 0.717) is 18.1 Å². The third-order valence-electron chi connectivity index (χ3n) is 4.42. The highest BCUT2D eigenvalue weighted by molar-refractivity contribution is 9.10. The van der Waals surface area contributed by atoms with Gasteiger partial charge in [0.1, 0.15) is 11.6 Å². The highest BCUT2D eigenvalue weighted by Crippen LogP contribution is 2.22. The Kier molecular flexibility index (Phi) is 7.70.